The number of rotatable bonds is 5. The summed E-state index contributed by atoms with van der Waals surface area (Å²) in [6.07, 6.45) is 3.04. The van der Waals surface area contributed by atoms with Gasteiger partial charge in [-0.25, -0.2) is 4.98 Å². The Labute approximate surface area is 200 Å². The number of ether oxygens (including phenoxy) is 1. The molecule has 1 N–H and O–H groups in total. The SMILES string of the molecule is CCOc1cccc(C2C(=C(O)c3ccncc3)C(=O)C(=O)N2c2nc3ccc(C)cc3s2)c1. The number of fused-ring (bicyclic) bond motifs is 1. The second-order valence-corrected chi connectivity index (χ2v) is 8.89. The van der Waals surface area contributed by atoms with Gasteiger partial charge in [0.25, 0.3) is 5.78 Å². The van der Waals surface area contributed by atoms with E-state index in [1.54, 1.807) is 24.3 Å². The fourth-order valence-electron chi connectivity index (χ4n) is 4.07. The van der Waals surface area contributed by atoms with Crippen LogP contribution in [-0.2, 0) is 9.59 Å². The highest BCUT2D eigenvalue weighted by Crippen LogP contribution is 2.44. The lowest BCUT2D eigenvalue weighted by Gasteiger charge is -2.23. The number of carbonyl (C=O) groups excluding carboxylic acids is 2. The molecule has 2 aromatic carbocycles. The van der Waals surface area contributed by atoms with Crippen molar-refractivity contribution in [1.29, 1.82) is 0 Å². The number of aliphatic hydroxyl groups is 1. The molecule has 4 aromatic rings. The van der Waals surface area contributed by atoms with Crippen LogP contribution in [0.3, 0.4) is 0 Å². The molecule has 0 aliphatic carbocycles. The van der Waals surface area contributed by atoms with Gasteiger partial charge in [-0.2, -0.15) is 0 Å². The number of thiazole rings is 1. The van der Waals surface area contributed by atoms with Crippen LogP contribution in [0.25, 0.3) is 16.0 Å². The first-order chi connectivity index (χ1) is 16.5. The summed E-state index contributed by atoms with van der Waals surface area (Å²) in [4.78, 5) is 36.6. The predicted octanol–water partition coefficient (Wildman–Crippen LogP) is 5.02. The maximum Gasteiger partial charge on any atom is 0.301 e. The molecule has 1 atom stereocenters. The first-order valence-corrected chi connectivity index (χ1v) is 11.6. The number of pyridine rings is 1. The van der Waals surface area contributed by atoms with Crippen LogP contribution in [0.15, 0.2) is 72.6 Å². The highest BCUT2D eigenvalue weighted by Gasteiger charge is 2.48. The Bertz CT molecular complexity index is 1440. The molecule has 1 unspecified atom stereocenters. The fourth-order valence-corrected chi connectivity index (χ4v) is 5.16. The van der Waals surface area contributed by atoms with E-state index in [0.29, 0.717) is 28.6 Å². The van der Waals surface area contributed by atoms with Crippen molar-refractivity contribution in [3.05, 3.63) is 89.3 Å². The lowest BCUT2D eigenvalue weighted by Crippen LogP contribution is -2.29. The zero-order valence-electron chi connectivity index (χ0n) is 18.6. The van der Waals surface area contributed by atoms with Crippen LogP contribution in [0.4, 0.5) is 5.13 Å². The van der Waals surface area contributed by atoms with E-state index in [9.17, 15) is 14.7 Å². The predicted molar refractivity (Wildman–Crippen MR) is 131 cm³/mol. The number of aryl methyl sites for hydroxylation is 1. The maximum absolute atomic E-state index is 13.3. The first-order valence-electron chi connectivity index (χ1n) is 10.8. The molecule has 0 bridgehead atoms. The van der Waals surface area contributed by atoms with Crippen LogP contribution >= 0.6 is 11.3 Å². The second-order valence-electron chi connectivity index (χ2n) is 7.88. The summed E-state index contributed by atoms with van der Waals surface area (Å²) in [5.41, 5.74) is 2.85. The average Bonchev–Trinajstić information content (AvgIpc) is 3.37. The highest BCUT2D eigenvalue weighted by atomic mass is 32.1. The quantitative estimate of drug-likeness (QED) is 0.249. The van der Waals surface area contributed by atoms with Gasteiger partial charge in [0.05, 0.1) is 28.4 Å². The number of aliphatic hydroxyl groups excluding tert-OH is 1. The van der Waals surface area contributed by atoms with E-state index in [0.717, 1.165) is 15.8 Å². The first kappa shape index (κ1) is 21.8. The van der Waals surface area contributed by atoms with Crippen molar-refractivity contribution in [2.75, 3.05) is 11.5 Å². The molecule has 170 valence electrons. The molecule has 1 fully saturated rings. The van der Waals surface area contributed by atoms with Gasteiger partial charge < -0.3 is 9.84 Å². The molecule has 5 rings (SSSR count). The van der Waals surface area contributed by atoms with Gasteiger partial charge in [-0.15, -0.1) is 0 Å². The number of benzene rings is 2. The number of amides is 1. The number of hydrogen-bond acceptors (Lipinski definition) is 7. The van der Waals surface area contributed by atoms with Crippen LogP contribution in [0, 0.1) is 6.92 Å². The zero-order chi connectivity index (χ0) is 23.8. The molecular weight excluding hydrogens is 450 g/mol. The molecule has 34 heavy (non-hydrogen) atoms. The van der Waals surface area contributed by atoms with E-state index in [4.69, 9.17) is 4.74 Å². The van der Waals surface area contributed by atoms with Crippen molar-refractivity contribution in [3.8, 4) is 5.75 Å². The van der Waals surface area contributed by atoms with Crippen LogP contribution in [0.1, 0.15) is 29.7 Å². The Morgan fingerprint density at radius 2 is 1.91 bits per heavy atom. The van der Waals surface area contributed by atoms with E-state index in [1.807, 2.05) is 44.2 Å². The largest absolute Gasteiger partial charge is 0.507 e. The summed E-state index contributed by atoms with van der Waals surface area (Å²) >= 11 is 1.33. The van der Waals surface area contributed by atoms with Gasteiger partial charge in [-0.1, -0.05) is 29.5 Å². The van der Waals surface area contributed by atoms with Crippen LogP contribution in [-0.4, -0.2) is 33.4 Å². The molecule has 3 heterocycles. The zero-order valence-corrected chi connectivity index (χ0v) is 19.4. The van der Waals surface area contributed by atoms with Gasteiger partial charge in [-0.05, 0) is 61.4 Å². The van der Waals surface area contributed by atoms with Crippen molar-refractivity contribution >= 4 is 44.1 Å². The van der Waals surface area contributed by atoms with Gasteiger partial charge in [0, 0.05) is 18.0 Å². The van der Waals surface area contributed by atoms with Crippen LogP contribution in [0.5, 0.6) is 5.75 Å². The Balaban J connectivity index is 1.73. The Morgan fingerprint density at radius 3 is 2.68 bits per heavy atom. The topological polar surface area (TPSA) is 92.6 Å². The standard InChI is InChI=1S/C26H21N3O4S/c1-3-33-18-6-4-5-17(14-18)22-21(23(30)16-9-11-27-12-10-16)24(31)25(32)29(22)26-28-19-8-7-15(2)13-20(19)34-26/h4-14,22,30H,3H2,1-2H3. The van der Waals surface area contributed by atoms with Crippen molar-refractivity contribution in [1.82, 2.24) is 9.97 Å². The second kappa shape index (κ2) is 8.72. The van der Waals surface area contributed by atoms with E-state index in [1.165, 1.54) is 28.6 Å². The Hall–Kier alpha value is -4.04. The van der Waals surface area contributed by atoms with Crippen molar-refractivity contribution in [2.45, 2.75) is 19.9 Å². The third kappa shape index (κ3) is 3.72. The number of anilines is 1. The molecular formula is C26H21N3O4S. The minimum Gasteiger partial charge on any atom is -0.507 e. The number of hydrogen-bond donors (Lipinski definition) is 1. The minimum absolute atomic E-state index is 0.000264. The smallest absolute Gasteiger partial charge is 0.301 e. The molecule has 1 saturated heterocycles. The summed E-state index contributed by atoms with van der Waals surface area (Å²) in [5, 5.41) is 11.5. The summed E-state index contributed by atoms with van der Waals surface area (Å²) < 4.78 is 6.56. The molecule has 1 aliphatic rings. The van der Waals surface area contributed by atoms with Gasteiger partial charge in [0.2, 0.25) is 0 Å². The summed E-state index contributed by atoms with van der Waals surface area (Å²) in [7, 11) is 0. The van der Waals surface area contributed by atoms with Crippen molar-refractivity contribution in [3.63, 3.8) is 0 Å². The molecule has 8 heteroatoms. The maximum atomic E-state index is 13.3. The molecule has 0 saturated carbocycles. The summed E-state index contributed by atoms with van der Waals surface area (Å²) in [5.74, 6) is -1.16. The van der Waals surface area contributed by atoms with Gasteiger partial charge >= 0.3 is 5.91 Å². The highest BCUT2D eigenvalue weighted by molar-refractivity contribution is 7.22. The number of aromatic nitrogens is 2. The Kier molecular flexibility index (Phi) is 5.59. The molecule has 2 aromatic heterocycles. The fraction of sp³-hybridized carbons (Fsp3) is 0.154. The summed E-state index contributed by atoms with van der Waals surface area (Å²) in [6.45, 7) is 4.34. The number of Topliss-reactive ketones (excluding diaryl/α,β-unsaturated/α-hetero) is 1. The van der Waals surface area contributed by atoms with E-state index >= 15 is 0 Å². The van der Waals surface area contributed by atoms with Crippen LogP contribution < -0.4 is 9.64 Å². The number of nitrogens with zero attached hydrogens (tertiary/aromatic N) is 3. The van der Waals surface area contributed by atoms with Crippen LogP contribution in [0.2, 0.25) is 0 Å². The van der Waals surface area contributed by atoms with E-state index in [-0.39, 0.29) is 11.3 Å². The molecule has 1 aliphatic heterocycles. The van der Waals surface area contributed by atoms with Crippen molar-refractivity contribution in [2.24, 2.45) is 0 Å². The lowest BCUT2D eigenvalue weighted by molar-refractivity contribution is -0.132. The third-order valence-electron chi connectivity index (χ3n) is 5.62. The van der Waals surface area contributed by atoms with Gasteiger partial charge in [-0.3, -0.25) is 19.5 Å². The molecule has 1 amide bonds. The Morgan fingerprint density at radius 1 is 1.12 bits per heavy atom. The van der Waals surface area contributed by atoms with E-state index < -0.39 is 17.7 Å². The summed E-state index contributed by atoms with van der Waals surface area (Å²) in [6, 6.07) is 15.4. The minimum atomic E-state index is -0.866. The third-order valence-corrected chi connectivity index (χ3v) is 6.64. The number of carbonyl (C=O) groups is 2. The molecule has 7 nitrogen and oxygen atoms in total. The average molecular weight is 472 g/mol. The molecule has 0 radical (unpaired) electrons. The monoisotopic (exact) mass is 471 g/mol. The normalized spacial score (nSPS) is 17.5. The van der Waals surface area contributed by atoms with Crippen molar-refractivity contribution < 1.29 is 19.4 Å². The lowest BCUT2D eigenvalue weighted by atomic mass is 9.95. The van der Waals surface area contributed by atoms with Gasteiger partial charge in [0.1, 0.15) is 11.5 Å². The number of ketones is 1. The van der Waals surface area contributed by atoms with E-state index in [2.05, 4.69) is 9.97 Å². The van der Waals surface area contributed by atoms with Gasteiger partial charge in [0.15, 0.2) is 5.13 Å². The molecule has 0 spiro atoms.